The van der Waals surface area contributed by atoms with Crippen LogP contribution in [0.4, 0.5) is 0 Å². The average Bonchev–Trinajstić information content (AvgIpc) is 2.82. The van der Waals surface area contributed by atoms with E-state index in [1.807, 2.05) is 12.2 Å². The average molecular weight is 350 g/mol. The molecule has 0 bridgehead atoms. The molecule has 5 heteroatoms. The number of ketones is 2. The second-order valence-electron chi connectivity index (χ2n) is 6.70. The van der Waals surface area contributed by atoms with Crippen LogP contribution in [0.15, 0.2) is 24.3 Å². The van der Waals surface area contributed by atoms with Crippen LogP contribution in [0.2, 0.25) is 0 Å². The molecule has 0 aromatic rings. The molecule has 3 atom stereocenters. The van der Waals surface area contributed by atoms with Crippen molar-refractivity contribution in [3.8, 4) is 0 Å². The van der Waals surface area contributed by atoms with Crippen molar-refractivity contribution in [2.45, 2.75) is 70.8 Å². The van der Waals surface area contributed by atoms with Gasteiger partial charge in [-0.2, -0.15) is 0 Å². The van der Waals surface area contributed by atoms with Gasteiger partial charge in [0, 0.05) is 31.1 Å². The van der Waals surface area contributed by atoms with E-state index >= 15 is 0 Å². The molecule has 0 aromatic heterocycles. The molecule has 0 heterocycles. The molecule has 0 saturated heterocycles. The molecule has 0 spiro atoms. The summed E-state index contributed by atoms with van der Waals surface area (Å²) < 4.78 is 0. The molecule has 140 valence electrons. The summed E-state index contributed by atoms with van der Waals surface area (Å²) in [6.45, 7) is 2.08. The minimum absolute atomic E-state index is 0.0239. The first-order chi connectivity index (χ1) is 12.0. The number of carbonyl (C=O) groups excluding carboxylic acids is 2. The van der Waals surface area contributed by atoms with Crippen molar-refractivity contribution in [3.05, 3.63) is 24.3 Å². The largest absolute Gasteiger partial charge is 0.481 e. The number of allylic oxidation sites excluding steroid dienone is 3. The highest BCUT2D eigenvalue weighted by atomic mass is 16.4. The van der Waals surface area contributed by atoms with Gasteiger partial charge in [-0.15, -0.1) is 0 Å². The van der Waals surface area contributed by atoms with E-state index in [4.69, 9.17) is 5.11 Å². The minimum Gasteiger partial charge on any atom is -0.481 e. The summed E-state index contributed by atoms with van der Waals surface area (Å²) in [4.78, 5) is 34.4. The van der Waals surface area contributed by atoms with E-state index in [2.05, 4.69) is 6.92 Å². The predicted molar refractivity (Wildman–Crippen MR) is 96.1 cm³/mol. The topological polar surface area (TPSA) is 91.7 Å². The Hall–Kier alpha value is -1.75. The zero-order valence-electron chi connectivity index (χ0n) is 15.0. The van der Waals surface area contributed by atoms with Crippen LogP contribution in [-0.2, 0) is 14.4 Å². The Morgan fingerprint density at radius 3 is 2.60 bits per heavy atom. The van der Waals surface area contributed by atoms with Crippen LogP contribution in [0.5, 0.6) is 0 Å². The Morgan fingerprint density at radius 1 is 1.16 bits per heavy atom. The Labute approximate surface area is 149 Å². The molecule has 0 aromatic carbocycles. The van der Waals surface area contributed by atoms with E-state index < -0.39 is 12.1 Å². The molecule has 2 N–H and O–H groups in total. The lowest BCUT2D eigenvalue weighted by Crippen LogP contribution is -2.18. The molecule has 0 radical (unpaired) electrons. The third-order valence-electron chi connectivity index (χ3n) is 4.58. The number of carbonyl (C=O) groups is 3. The van der Waals surface area contributed by atoms with Crippen molar-refractivity contribution in [1.29, 1.82) is 0 Å². The summed E-state index contributed by atoms with van der Waals surface area (Å²) in [5.41, 5.74) is 0. The van der Waals surface area contributed by atoms with Gasteiger partial charge in [-0.3, -0.25) is 14.4 Å². The fourth-order valence-electron chi connectivity index (χ4n) is 3.11. The van der Waals surface area contributed by atoms with Crippen LogP contribution in [0.1, 0.15) is 64.7 Å². The SMILES string of the molecule is CCCCCC(=O)/C=C/[C@H]1[C@H](O)CC(=O)[C@@H]1C/C=C/CCCC(=O)O. The van der Waals surface area contributed by atoms with Crippen molar-refractivity contribution < 1.29 is 24.6 Å². The van der Waals surface area contributed by atoms with Crippen LogP contribution in [0.25, 0.3) is 0 Å². The minimum atomic E-state index is -0.809. The van der Waals surface area contributed by atoms with E-state index in [9.17, 15) is 19.5 Å². The second-order valence-corrected chi connectivity index (χ2v) is 6.70. The molecular weight excluding hydrogens is 320 g/mol. The fourth-order valence-corrected chi connectivity index (χ4v) is 3.11. The maximum absolute atomic E-state index is 12.1. The molecule has 1 rings (SSSR count). The molecule has 0 aliphatic heterocycles. The first-order valence-electron chi connectivity index (χ1n) is 9.24. The molecule has 0 amide bonds. The first-order valence-corrected chi connectivity index (χ1v) is 9.24. The Morgan fingerprint density at radius 2 is 1.92 bits per heavy atom. The zero-order chi connectivity index (χ0) is 18.7. The summed E-state index contributed by atoms with van der Waals surface area (Å²) >= 11 is 0. The van der Waals surface area contributed by atoms with Crippen LogP contribution < -0.4 is 0 Å². The number of aliphatic hydroxyl groups is 1. The van der Waals surface area contributed by atoms with Crippen molar-refractivity contribution in [2.24, 2.45) is 11.8 Å². The van der Waals surface area contributed by atoms with Gasteiger partial charge in [-0.1, -0.05) is 38.0 Å². The molecule has 1 aliphatic carbocycles. The summed E-state index contributed by atoms with van der Waals surface area (Å²) in [6, 6.07) is 0. The van der Waals surface area contributed by atoms with Crippen molar-refractivity contribution >= 4 is 17.5 Å². The van der Waals surface area contributed by atoms with Gasteiger partial charge in [0.15, 0.2) is 5.78 Å². The molecular formula is C20H30O5. The quantitative estimate of drug-likeness (QED) is 0.319. The van der Waals surface area contributed by atoms with Crippen LogP contribution >= 0.6 is 0 Å². The maximum atomic E-state index is 12.1. The number of carboxylic acids is 1. The van der Waals surface area contributed by atoms with Crippen LogP contribution in [0, 0.1) is 11.8 Å². The van der Waals surface area contributed by atoms with E-state index in [0.29, 0.717) is 25.7 Å². The summed E-state index contributed by atoms with van der Waals surface area (Å²) in [5.74, 6) is -1.35. The van der Waals surface area contributed by atoms with Crippen molar-refractivity contribution in [3.63, 3.8) is 0 Å². The smallest absolute Gasteiger partial charge is 0.303 e. The molecule has 1 aliphatic rings. The normalized spacial score (nSPS) is 23.8. The number of carboxylic acid groups (broad SMARTS) is 1. The number of aliphatic hydroxyl groups excluding tert-OH is 1. The van der Waals surface area contributed by atoms with Crippen molar-refractivity contribution in [1.82, 2.24) is 0 Å². The van der Waals surface area contributed by atoms with Gasteiger partial charge < -0.3 is 10.2 Å². The number of hydrogen-bond donors (Lipinski definition) is 2. The first kappa shape index (κ1) is 21.3. The maximum Gasteiger partial charge on any atom is 0.303 e. The highest BCUT2D eigenvalue weighted by Gasteiger charge is 2.39. The Kier molecular flexibility index (Phi) is 10.0. The van der Waals surface area contributed by atoms with Crippen LogP contribution in [-0.4, -0.2) is 33.9 Å². The van der Waals surface area contributed by atoms with Gasteiger partial charge in [-0.25, -0.2) is 0 Å². The van der Waals surface area contributed by atoms with E-state index in [1.165, 1.54) is 6.08 Å². The predicted octanol–water partition coefficient (Wildman–Crippen LogP) is 3.46. The number of hydrogen-bond acceptors (Lipinski definition) is 4. The lowest BCUT2D eigenvalue weighted by Gasteiger charge is -2.15. The lowest BCUT2D eigenvalue weighted by atomic mass is 9.90. The lowest BCUT2D eigenvalue weighted by molar-refractivity contribution is -0.137. The highest BCUT2D eigenvalue weighted by Crippen LogP contribution is 2.33. The molecule has 5 nitrogen and oxygen atoms in total. The summed E-state index contributed by atoms with van der Waals surface area (Å²) in [6.07, 6.45) is 11.8. The van der Waals surface area contributed by atoms with Gasteiger partial charge in [0.1, 0.15) is 5.78 Å². The summed E-state index contributed by atoms with van der Waals surface area (Å²) in [5, 5.41) is 18.7. The van der Waals surface area contributed by atoms with Gasteiger partial charge in [0.05, 0.1) is 6.10 Å². The van der Waals surface area contributed by atoms with E-state index in [-0.39, 0.29) is 36.2 Å². The van der Waals surface area contributed by atoms with Gasteiger partial charge >= 0.3 is 5.97 Å². The van der Waals surface area contributed by atoms with Gasteiger partial charge in [-0.05, 0) is 31.8 Å². The Bertz CT molecular complexity index is 506. The monoisotopic (exact) mass is 350 g/mol. The van der Waals surface area contributed by atoms with Crippen LogP contribution in [0.3, 0.4) is 0 Å². The van der Waals surface area contributed by atoms with Gasteiger partial charge in [0.2, 0.25) is 0 Å². The van der Waals surface area contributed by atoms with Crippen molar-refractivity contribution in [2.75, 3.05) is 0 Å². The van der Waals surface area contributed by atoms with E-state index in [0.717, 1.165) is 19.3 Å². The zero-order valence-corrected chi connectivity index (χ0v) is 15.0. The highest BCUT2D eigenvalue weighted by molar-refractivity contribution is 5.90. The third kappa shape index (κ3) is 8.25. The number of unbranched alkanes of at least 4 members (excludes halogenated alkanes) is 3. The second kappa shape index (κ2) is 11.7. The molecule has 1 fully saturated rings. The fraction of sp³-hybridized carbons (Fsp3) is 0.650. The number of Topliss-reactive ketones (excluding diaryl/α,β-unsaturated/α-hetero) is 1. The van der Waals surface area contributed by atoms with E-state index in [1.54, 1.807) is 6.08 Å². The number of rotatable bonds is 12. The molecule has 25 heavy (non-hydrogen) atoms. The summed E-state index contributed by atoms with van der Waals surface area (Å²) in [7, 11) is 0. The van der Waals surface area contributed by atoms with Gasteiger partial charge in [0.25, 0.3) is 0 Å². The standard InChI is InChI=1S/C20H30O5/c1-2-3-6-9-15(21)12-13-17-16(18(22)14-19(17)23)10-7-4-5-8-11-20(24)25/h4,7,12-13,16-17,19,23H,2-3,5-6,8-11,14H2,1H3,(H,24,25)/b7-4+,13-12+/t16-,17-,19-/m1/s1. The number of aliphatic carboxylic acids is 1. The molecule has 1 saturated carbocycles. The third-order valence-corrected chi connectivity index (χ3v) is 4.58. The molecule has 0 unspecified atom stereocenters. The Balaban J connectivity index is 2.49.